The minimum Gasteiger partial charge on any atom is -0.310 e. The zero-order valence-corrected chi connectivity index (χ0v) is 9.09. The second-order valence-electron chi connectivity index (χ2n) is 5.11. The molecule has 0 spiro atoms. The molecule has 1 saturated carbocycles. The van der Waals surface area contributed by atoms with Gasteiger partial charge in [-0.25, -0.2) is 0 Å². The number of nitrogens with one attached hydrogen (secondary N) is 1. The highest BCUT2D eigenvalue weighted by molar-refractivity contribution is 4.96. The van der Waals surface area contributed by atoms with Crippen LogP contribution in [0.5, 0.6) is 0 Å². The van der Waals surface area contributed by atoms with Gasteiger partial charge in [0.2, 0.25) is 0 Å². The molecule has 2 saturated heterocycles. The first-order chi connectivity index (χ1) is 6.16. The molecule has 13 heavy (non-hydrogen) atoms. The number of rotatable bonds is 2. The fourth-order valence-corrected chi connectivity index (χ4v) is 3.09. The van der Waals surface area contributed by atoms with Gasteiger partial charge < -0.3 is 10.2 Å². The maximum atomic E-state index is 3.70. The van der Waals surface area contributed by atoms with Crippen molar-refractivity contribution in [1.82, 2.24) is 10.2 Å². The molecule has 0 aromatic heterocycles. The summed E-state index contributed by atoms with van der Waals surface area (Å²) in [6.07, 6.45) is 4.28. The summed E-state index contributed by atoms with van der Waals surface area (Å²) in [7, 11) is 2.28. The molecular formula is C11H22N2. The molecule has 0 radical (unpaired) electrons. The predicted molar refractivity (Wildman–Crippen MR) is 55.8 cm³/mol. The highest BCUT2D eigenvalue weighted by Gasteiger charge is 2.38. The van der Waals surface area contributed by atoms with E-state index in [2.05, 4.69) is 31.1 Å². The normalized spacial score (nSPS) is 40.2. The lowest BCUT2D eigenvalue weighted by Gasteiger charge is -2.49. The van der Waals surface area contributed by atoms with Gasteiger partial charge in [0.25, 0.3) is 0 Å². The highest BCUT2D eigenvalue weighted by Crippen LogP contribution is 2.34. The third-order valence-corrected chi connectivity index (χ3v) is 3.58. The summed E-state index contributed by atoms with van der Waals surface area (Å²) in [6, 6.07) is 2.21. The van der Waals surface area contributed by atoms with Gasteiger partial charge in [-0.3, -0.25) is 0 Å². The van der Waals surface area contributed by atoms with Crippen LogP contribution in [-0.4, -0.2) is 36.6 Å². The van der Waals surface area contributed by atoms with Gasteiger partial charge in [-0.15, -0.1) is 0 Å². The number of hydrogen-bond donors (Lipinski definition) is 1. The summed E-state index contributed by atoms with van der Waals surface area (Å²) in [5.41, 5.74) is 0. The Morgan fingerprint density at radius 3 is 2.62 bits per heavy atom. The van der Waals surface area contributed by atoms with Crippen LogP contribution in [0.1, 0.15) is 33.1 Å². The van der Waals surface area contributed by atoms with Gasteiger partial charge >= 0.3 is 0 Å². The maximum absolute atomic E-state index is 3.70. The predicted octanol–water partition coefficient (Wildman–Crippen LogP) is 1.47. The van der Waals surface area contributed by atoms with E-state index in [-0.39, 0.29) is 0 Å². The zero-order valence-electron chi connectivity index (χ0n) is 9.09. The highest BCUT2D eigenvalue weighted by atomic mass is 15.2. The zero-order chi connectivity index (χ0) is 9.42. The second kappa shape index (κ2) is 3.58. The van der Waals surface area contributed by atoms with Gasteiger partial charge in [0.1, 0.15) is 0 Å². The topological polar surface area (TPSA) is 15.3 Å². The van der Waals surface area contributed by atoms with Crippen molar-refractivity contribution < 1.29 is 0 Å². The molecule has 0 amide bonds. The third kappa shape index (κ3) is 1.89. The number of likely N-dealkylation sites (N-methyl/N-ethyl adjacent to an activating group) is 1. The van der Waals surface area contributed by atoms with E-state index >= 15 is 0 Å². The van der Waals surface area contributed by atoms with Crippen LogP contribution >= 0.6 is 0 Å². The van der Waals surface area contributed by atoms with Crippen molar-refractivity contribution in [3.63, 3.8) is 0 Å². The molecule has 2 heteroatoms. The first kappa shape index (κ1) is 9.47. The standard InChI is InChI=1S/C11H22N2/c1-8(2)12-10-6-9-4-5-11(10)13(3)7-9/h8-12H,4-7H2,1-3H3. The van der Waals surface area contributed by atoms with E-state index in [0.717, 1.165) is 18.0 Å². The molecule has 3 atom stereocenters. The van der Waals surface area contributed by atoms with Crippen molar-refractivity contribution >= 4 is 0 Å². The van der Waals surface area contributed by atoms with Crippen LogP contribution in [0.25, 0.3) is 0 Å². The Hall–Kier alpha value is -0.0800. The second-order valence-corrected chi connectivity index (χ2v) is 5.11. The van der Waals surface area contributed by atoms with E-state index in [0.29, 0.717) is 6.04 Å². The molecule has 3 rings (SSSR count). The van der Waals surface area contributed by atoms with Crippen LogP contribution in [-0.2, 0) is 0 Å². The Morgan fingerprint density at radius 2 is 2.08 bits per heavy atom. The van der Waals surface area contributed by atoms with Crippen molar-refractivity contribution in [3.8, 4) is 0 Å². The summed E-state index contributed by atoms with van der Waals surface area (Å²) in [5.74, 6) is 0.964. The van der Waals surface area contributed by atoms with Crippen LogP contribution in [0.3, 0.4) is 0 Å². The van der Waals surface area contributed by atoms with E-state index in [1.54, 1.807) is 0 Å². The molecule has 2 aliphatic heterocycles. The smallest absolute Gasteiger partial charge is 0.0246 e. The molecule has 1 N–H and O–H groups in total. The SMILES string of the molecule is CC(C)NC1CC2CCC1N(C)C2. The van der Waals surface area contributed by atoms with Crippen LogP contribution < -0.4 is 5.32 Å². The maximum Gasteiger partial charge on any atom is 0.0246 e. The van der Waals surface area contributed by atoms with Crippen molar-refractivity contribution in [2.24, 2.45) is 5.92 Å². The summed E-state index contributed by atoms with van der Waals surface area (Å²) in [5, 5.41) is 3.70. The molecule has 2 nitrogen and oxygen atoms in total. The third-order valence-electron chi connectivity index (χ3n) is 3.58. The van der Waals surface area contributed by atoms with Crippen LogP contribution in [0, 0.1) is 5.92 Å². The molecule has 3 unspecified atom stereocenters. The van der Waals surface area contributed by atoms with E-state index < -0.39 is 0 Å². The molecule has 1 aliphatic carbocycles. The van der Waals surface area contributed by atoms with E-state index in [4.69, 9.17) is 0 Å². The lowest BCUT2D eigenvalue weighted by molar-refractivity contribution is 0.0371. The summed E-state index contributed by atoms with van der Waals surface area (Å²) in [6.45, 7) is 5.84. The summed E-state index contributed by atoms with van der Waals surface area (Å²) < 4.78 is 0. The number of hydrogen-bond acceptors (Lipinski definition) is 2. The van der Waals surface area contributed by atoms with Gasteiger partial charge in [0, 0.05) is 24.7 Å². The van der Waals surface area contributed by atoms with Crippen molar-refractivity contribution in [3.05, 3.63) is 0 Å². The first-order valence-corrected chi connectivity index (χ1v) is 5.63. The minimum absolute atomic E-state index is 0.637. The van der Waals surface area contributed by atoms with Gasteiger partial charge in [-0.1, -0.05) is 13.8 Å². The Labute approximate surface area is 81.7 Å². The summed E-state index contributed by atoms with van der Waals surface area (Å²) >= 11 is 0. The average molecular weight is 182 g/mol. The Bertz CT molecular complexity index is 177. The molecule has 3 fully saturated rings. The average Bonchev–Trinajstić information content (AvgIpc) is 2.02. The number of fused-ring (bicyclic) bond motifs is 3. The fraction of sp³-hybridized carbons (Fsp3) is 1.00. The molecule has 0 aromatic rings. The van der Waals surface area contributed by atoms with E-state index in [1.807, 2.05) is 0 Å². The molecule has 3 aliphatic rings. The monoisotopic (exact) mass is 182 g/mol. The van der Waals surface area contributed by atoms with Crippen LogP contribution in [0.4, 0.5) is 0 Å². The Kier molecular flexibility index (Phi) is 2.61. The molecular weight excluding hydrogens is 160 g/mol. The van der Waals surface area contributed by atoms with Gasteiger partial charge in [-0.2, -0.15) is 0 Å². The van der Waals surface area contributed by atoms with Crippen molar-refractivity contribution in [2.45, 2.75) is 51.2 Å². The number of piperidine rings is 2. The Balaban J connectivity index is 1.98. The lowest BCUT2D eigenvalue weighted by Crippen LogP contribution is -2.59. The van der Waals surface area contributed by atoms with E-state index in [9.17, 15) is 0 Å². The molecule has 2 bridgehead atoms. The van der Waals surface area contributed by atoms with Crippen LogP contribution in [0.2, 0.25) is 0 Å². The molecule has 0 aromatic carbocycles. The summed E-state index contributed by atoms with van der Waals surface area (Å²) in [4.78, 5) is 2.55. The fourth-order valence-electron chi connectivity index (χ4n) is 3.09. The minimum atomic E-state index is 0.637. The van der Waals surface area contributed by atoms with Crippen LogP contribution in [0.15, 0.2) is 0 Å². The van der Waals surface area contributed by atoms with Crippen molar-refractivity contribution in [1.29, 1.82) is 0 Å². The number of nitrogens with zero attached hydrogens (tertiary/aromatic N) is 1. The Morgan fingerprint density at radius 1 is 1.31 bits per heavy atom. The largest absolute Gasteiger partial charge is 0.310 e. The van der Waals surface area contributed by atoms with Crippen molar-refractivity contribution in [2.75, 3.05) is 13.6 Å². The lowest BCUT2D eigenvalue weighted by atomic mass is 9.76. The quantitative estimate of drug-likeness (QED) is 0.695. The van der Waals surface area contributed by atoms with Gasteiger partial charge in [-0.05, 0) is 32.2 Å². The first-order valence-electron chi connectivity index (χ1n) is 5.63. The van der Waals surface area contributed by atoms with E-state index in [1.165, 1.54) is 25.8 Å². The van der Waals surface area contributed by atoms with Gasteiger partial charge in [0.15, 0.2) is 0 Å². The van der Waals surface area contributed by atoms with Gasteiger partial charge in [0.05, 0.1) is 0 Å². The molecule has 2 heterocycles. The molecule has 76 valence electrons.